The molecule has 0 aliphatic carbocycles. The third-order valence-electron chi connectivity index (χ3n) is 2.91. The van der Waals surface area contributed by atoms with E-state index in [4.69, 9.17) is 0 Å². The monoisotopic (exact) mass is 282 g/mol. The first-order valence-electron chi connectivity index (χ1n) is 6.81. The average Bonchev–Trinajstić information content (AvgIpc) is 2.53. The molecule has 1 heterocycles. The highest BCUT2D eigenvalue weighted by molar-refractivity contribution is 5.92. The predicted molar refractivity (Wildman–Crippen MR) is 83.7 cm³/mol. The molecule has 0 atom stereocenters. The predicted octanol–water partition coefficient (Wildman–Crippen LogP) is 2.70. The quantitative estimate of drug-likeness (QED) is 0.799. The van der Waals surface area contributed by atoms with Crippen molar-refractivity contribution in [2.24, 2.45) is 0 Å². The van der Waals surface area contributed by atoms with Crippen LogP contribution in [0.2, 0.25) is 0 Å². The summed E-state index contributed by atoms with van der Waals surface area (Å²) >= 11 is 0. The van der Waals surface area contributed by atoms with E-state index in [1.54, 1.807) is 18.3 Å². The molecule has 1 amide bonds. The maximum atomic E-state index is 11.8. The summed E-state index contributed by atoms with van der Waals surface area (Å²) in [6.07, 6.45) is 4.17. The van der Waals surface area contributed by atoms with Crippen LogP contribution in [0.25, 0.3) is 0 Å². The number of aromatic nitrogens is 2. The largest absolute Gasteiger partial charge is 0.347 e. The number of benzene rings is 1. The molecule has 0 bridgehead atoms. The number of hydrogen-bond acceptors (Lipinski definition) is 4. The molecule has 0 spiro atoms. The van der Waals surface area contributed by atoms with Crippen LogP contribution in [0.1, 0.15) is 23.0 Å². The lowest BCUT2D eigenvalue weighted by molar-refractivity contribution is 0.0953. The molecule has 2 rings (SSSR count). The Labute approximate surface area is 124 Å². The van der Waals surface area contributed by atoms with E-state index in [0.717, 1.165) is 12.1 Å². The molecule has 0 aliphatic rings. The van der Waals surface area contributed by atoms with E-state index in [1.165, 1.54) is 5.56 Å². The van der Waals surface area contributed by atoms with Crippen LogP contribution >= 0.6 is 0 Å². The van der Waals surface area contributed by atoms with E-state index < -0.39 is 0 Å². The first-order chi connectivity index (χ1) is 10.2. The lowest BCUT2D eigenvalue weighted by atomic mass is 10.1. The van der Waals surface area contributed by atoms with Crippen LogP contribution in [0.5, 0.6) is 0 Å². The molecule has 21 heavy (non-hydrogen) atoms. The van der Waals surface area contributed by atoms with E-state index >= 15 is 0 Å². The maximum Gasteiger partial charge on any atom is 0.270 e. The molecule has 0 unspecified atom stereocenters. The van der Waals surface area contributed by atoms with Gasteiger partial charge in [0.25, 0.3) is 5.91 Å². The molecule has 108 valence electrons. The molecule has 1 aromatic carbocycles. The summed E-state index contributed by atoms with van der Waals surface area (Å²) < 4.78 is 0. The van der Waals surface area contributed by atoms with Gasteiger partial charge in [-0.15, -0.1) is 6.58 Å². The van der Waals surface area contributed by atoms with Crippen molar-refractivity contribution in [3.05, 3.63) is 60.4 Å². The summed E-state index contributed by atoms with van der Waals surface area (Å²) in [5, 5.41) is 5.76. The molecule has 0 saturated carbocycles. The highest BCUT2D eigenvalue weighted by Gasteiger charge is 2.07. The molecule has 0 fully saturated rings. The van der Waals surface area contributed by atoms with Gasteiger partial charge in [-0.25, -0.2) is 9.97 Å². The summed E-state index contributed by atoms with van der Waals surface area (Å²) in [7, 11) is 0. The topological polar surface area (TPSA) is 66.9 Å². The normalized spacial score (nSPS) is 9.95. The molecule has 0 radical (unpaired) electrons. The number of amides is 1. The van der Waals surface area contributed by atoms with Crippen molar-refractivity contribution in [2.75, 3.05) is 11.9 Å². The van der Waals surface area contributed by atoms with Gasteiger partial charge in [-0.3, -0.25) is 4.79 Å². The molecular weight excluding hydrogens is 264 g/mol. The first-order valence-corrected chi connectivity index (χ1v) is 6.81. The van der Waals surface area contributed by atoms with Gasteiger partial charge in [-0.1, -0.05) is 25.1 Å². The van der Waals surface area contributed by atoms with E-state index in [9.17, 15) is 4.79 Å². The van der Waals surface area contributed by atoms with Crippen molar-refractivity contribution in [1.29, 1.82) is 0 Å². The van der Waals surface area contributed by atoms with Crippen molar-refractivity contribution in [1.82, 2.24) is 15.3 Å². The van der Waals surface area contributed by atoms with Crippen molar-refractivity contribution < 1.29 is 4.79 Å². The van der Waals surface area contributed by atoms with Crippen LogP contribution in [0, 0.1) is 0 Å². The van der Waals surface area contributed by atoms with Crippen molar-refractivity contribution in [3.8, 4) is 0 Å². The zero-order chi connectivity index (χ0) is 15.1. The second kappa shape index (κ2) is 7.19. The van der Waals surface area contributed by atoms with E-state index in [1.807, 2.05) is 24.3 Å². The summed E-state index contributed by atoms with van der Waals surface area (Å²) in [5.41, 5.74) is 2.47. The maximum absolute atomic E-state index is 11.8. The van der Waals surface area contributed by atoms with Gasteiger partial charge in [-0.2, -0.15) is 0 Å². The fourth-order valence-electron chi connectivity index (χ4n) is 1.75. The summed E-state index contributed by atoms with van der Waals surface area (Å²) in [5.74, 6) is 0.146. The molecule has 1 aromatic heterocycles. The van der Waals surface area contributed by atoms with Gasteiger partial charge in [0, 0.05) is 18.4 Å². The van der Waals surface area contributed by atoms with Gasteiger partial charge < -0.3 is 10.6 Å². The third-order valence-corrected chi connectivity index (χ3v) is 2.91. The highest BCUT2D eigenvalue weighted by atomic mass is 16.1. The fraction of sp³-hybridized carbons (Fsp3) is 0.188. The minimum atomic E-state index is -0.248. The number of carbonyl (C=O) groups excluding carboxylic acids is 1. The van der Waals surface area contributed by atoms with Crippen LogP contribution < -0.4 is 10.6 Å². The number of carbonyl (C=O) groups is 1. The Kier molecular flexibility index (Phi) is 5.04. The molecule has 2 aromatic rings. The van der Waals surface area contributed by atoms with Gasteiger partial charge in [0.1, 0.15) is 5.69 Å². The van der Waals surface area contributed by atoms with Crippen molar-refractivity contribution in [3.63, 3.8) is 0 Å². The molecule has 2 N–H and O–H groups in total. The molecule has 0 saturated heterocycles. The lowest BCUT2D eigenvalue weighted by Gasteiger charge is -2.07. The van der Waals surface area contributed by atoms with Gasteiger partial charge in [0.15, 0.2) is 0 Å². The summed E-state index contributed by atoms with van der Waals surface area (Å²) in [6.45, 7) is 6.07. The summed E-state index contributed by atoms with van der Waals surface area (Å²) in [4.78, 5) is 20.1. The second-order valence-electron chi connectivity index (χ2n) is 4.44. The highest BCUT2D eigenvalue weighted by Crippen LogP contribution is 2.14. The van der Waals surface area contributed by atoms with Crippen LogP contribution in [0.3, 0.4) is 0 Å². The lowest BCUT2D eigenvalue weighted by Crippen LogP contribution is -2.24. The van der Waals surface area contributed by atoms with E-state index in [-0.39, 0.29) is 5.91 Å². The van der Waals surface area contributed by atoms with Crippen LogP contribution in [-0.2, 0) is 6.42 Å². The van der Waals surface area contributed by atoms with Crippen LogP contribution in [-0.4, -0.2) is 22.4 Å². The van der Waals surface area contributed by atoms with E-state index in [2.05, 4.69) is 34.1 Å². The molecule has 5 heteroatoms. The Morgan fingerprint density at radius 2 is 2.05 bits per heavy atom. The average molecular weight is 282 g/mol. The first kappa shape index (κ1) is 14.7. The number of aryl methyl sites for hydroxylation is 1. The number of nitrogens with one attached hydrogen (secondary N) is 2. The summed E-state index contributed by atoms with van der Waals surface area (Å²) in [6, 6.07) is 9.59. The van der Waals surface area contributed by atoms with E-state index in [0.29, 0.717) is 18.2 Å². The van der Waals surface area contributed by atoms with Gasteiger partial charge in [0.05, 0.1) is 0 Å². The van der Waals surface area contributed by atoms with Gasteiger partial charge >= 0.3 is 0 Å². The Balaban J connectivity index is 2.09. The Morgan fingerprint density at radius 3 is 2.71 bits per heavy atom. The number of hydrogen-bond donors (Lipinski definition) is 2. The number of nitrogens with zero attached hydrogens (tertiary/aromatic N) is 2. The van der Waals surface area contributed by atoms with Crippen LogP contribution in [0.4, 0.5) is 11.6 Å². The zero-order valence-electron chi connectivity index (χ0n) is 12.0. The fourth-order valence-corrected chi connectivity index (χ4v) is 1.75. The number of anilines is 2. The second-order valence-corrected chi connectivity index (χ2v) is 4.44. The van der Waals surface area contributed by atoms with Crippen molar-refractivity contribution >= 4 is 17.5 Å². The van der Waals surface area contributed by atoms with Gasteiger partial charge in [0.2, 0.25) is 5.95 Å². The Bertz CT molecular complexity index is 622. The third kappa shape index (κ3) is 4.14. The minimum Gasteiger partial charge on any atom is -0.347 e. The molecule has 5 nitrogen and oxygen atoms in total. The van der Waals surface area contributed by atoms with Crippen LogP contribution in [0.15, 0.2) is 49.2 Å². The molecule has 0 aliphatic heterocycles. The smallest absolute Gasteiger partial charge is 0.270 e. The van der Waals surface area contributed by atoms with Gasteiger partial charge in [-0.05, 0) is 30.2 Å². The SMILES string of the molecule is C=CCNC(=O)c1ccnc(Nc2ccc(CC)cc2)n1. The Morgan fingerprint density at radius 1 is 1.29 bits per heavy atom. The minimum absolute atomic E-state index is 0.248. The standard InChI is InChI=1S/C16H18N4O/c1-3-10-17-15(21)14-9-11-18-16(20-14)19-13-7-5-12(4-2)6-8-13/h3,5-9,11H,1,4,10H2,2H3,(H,17,21)(H,18,19,20). The van der Waals surface area contributed by atoms with Crippen molar-refractivity contribution in [2.45, 2.75) is 13.3 Å². The number of rotatable bonds is 6. The molecular formula is C16H18N4O. The zero-order valence-corrected chi connectivity index (χ0v) is 12.0. The Hall–Kier alpha value is -2.69.